The van der Waals surface area contributed by atoms with Gasteiger partial charge in [-0.1, -0.05) is 17.7 Å². The first kappa shape index (κ1) is 10.2. The van der Waals surface area contributed by atoms with Crippen molar-refractivity contribution in [1.29, 1.82) is 0 Å². The molecule has 0 aliphatic heterocycles. The molecule has 1 rings (SSSR count). The van der Waals surface area contributed by atoms with Crippen molar-refractivity contribution in [1.82, 2.24) is 0 Å². The Balaban J connectivity index is 3.28. The Hall–Kier alpha value is -0.930. The van der Waals surface area contributed by atoms with Crippen LogP contribution in [-0.4, -0.2) is 0 Å². The summed E-state index contributed by atoms with van der Waals surface area (Å²) in [7, 11) is 0. The SMILES string of the molecule is C=C[C@H](N)c1c(F)cc(Cl)cc1F. The molecule has 70 valence electrons. The Bertz CT molecular complexity index is 315. The molecule has 4 heteroatoms. The Morgan fingerprint density at radius 1 is 1.38 bits per heavy atom. The summed E-state index contributed by atoms with van der Waals surface area (Å²) < 4.78 is 26.2. The second-order valence-electron chi connectivity index (χ2n) is 2.54. The van der Waals surface area contributed by atoms with Gasteiger partial charge in [-0.05, 0) is 12.1 Å². The largest absolute Gasteiger partial charge is 0.321 e. The van der Waals surface area contributed by atoms with E-state index in [1.54, 1.807) is 0 Å². The summed E-state index contributed by atoms with van der Waals surface area (Å²) in [6, 6.07) is 1.18. The molecule has 0 saturated carbocycles. The second kappa shape index (κ2) is 3.85. The van der Waals surface area contributed by atoms with Gasteiger partial charge in [-0.2, -0.15) is 0 Å². The van der Waals surface area contributed by atoms with E-state index in [9.17, 15) is 8.78 Å². The highest BCUT2D eigenvalue weighted by Crippen LogP contribution is 2.23. The van der Waals surface area contributed by atoms with Crippen molar-refractivity contribution < 1.29 is 8.78 Å². The summed E-state index contributed by atoms with van der Waals surface area (Å²) in [5.74, 6) is -1.50. The second-order valence-corrected chi connectivity index (χ2v) is 2.98. The minimum atomic E-state index is -0.850. The molecule has 0 bridgehead atoms. The third kappa shape index (κ3) is 2.05. The van der Waals surface area contributed by atoms with Crippen molar-refractivity contribution in [2.45, 2.75) is 6.04 Å². The van der Waals surface area contributed by atoms with E-state index in [0.29, 0.717) is 0 Å². The molecule has 0 amide bonds. The van der Waals surface area contributed by atoms with Gasteiger partial charge in [-0.15, -0.1) is 6.58 Å². The normalized spacial score (nSPS) is 12.6. The first-order valence-corrected chi connectivity index (χ1v) is 3.96. The van der Waals surface area contributed by atoms with Crippen molar-refractivity contribution in [3.63, 3.8) is 0 Å². The van der Waals surface area contributed by atoms with Gasteiger partial charge in [0.15, 0.2) is 0 Å². The molecule has 1 atom stereocenters. The number of benzene rings is 1. The van der Waals surface area contributed by atoms with Gasteiger partial charge in [0.05, 0.1) is 6.04 Å². The zero-order chi connectivity index (χ0) is 10.0. The lowest BCUT2D eigenvalue weighted by atomic mass is 10.1. The van der Waals surface area contributed by atoms with Crippen LogP contribution in [0.2, 0.25) is 5.02 Å². The van der Waals surface area contributed by atoms with Gasteiger partial charge in [0, 0.05) is 10.6 Å². The van der Waals surface area contributed by atoms with Crippen molar-refractivity contribution in [2.24, 2.45) is 5.73 Å². The van der Waals surface area contributed by atoms with Gasteiger partial charge in [0.25, 0.3) is 0 Å². The average Bonchev–Trinajstić information content (AvgIpc) is 2.02. The van der Waals surface area contributed by atoms with Crippen LogP contribution in [0.1, 0.15) is 11.6 Å². The Labute approximate surface area is 79.8 Å². The van der Waals surface area contributed by atoms with E-state index < -0.39 is 17.7 Å². The molecule has 13 heavy (non-hydrogen) atoms. The first-order chi connectivity index (χ1) is 6.06. The molecule has 0 radical (unpaired) electrons. The fraction of sp³-hybridized carbons (Fsp3) is 0.111. The fourth-order valence-corrected chi connectivity index (χ4v) is 1.18. The zero-order valence-corrected chi connectivity index (χ0v) is 7.48. The molecule has 0 fully saturated rings. The van der Waals surface area contributed by atoms with Crippen LogP contribution < -0.4 is 5.73 Å². The smallest absolute Gasteiger partial charge is 0.132 e. The number of nitrogens with two attached hydrogens (primary N) is 1. The predicted molar refractivity (Wildman–Crippen MR) is 48.5 cm³/mol. The quantitative estimate of drug-likeness (QED) is 0.735. The Morgan fingerprint density at radius 2 is 1.85 bits per heavy atom. The maximum Gasteiger partial charge on any atom is 0.132 e. The summed E-state index contributed by atoms with van der Waals surface area (Å²) in [5.41, 5.74) is 5.20. The molecule has 2 N–H and O–H groups in total. The van der Waals surface area contributed by atoms with Gasteiger partial charge in [0.1, 0.15) is 11.6 Å². The molecule has 0 saturated heterocycles. The van der Waals surface area contributed by atoms with E-state index in [-0.39, 0.29) is 10.6 Å². The summed E-state index contributed by atoms with van der Waals surface area (Å²) >= 11 is 5.42. The average molecular weight is 204 g/mol. The van der Waals surface area contributed by atoms with E-state index in [1.165, 1.54) is 6.08 Å². The van der Waals surface area contributed by atoms with Crippen LogP contribution in [0.15, 0.2) is 24.8 Å². The lowest BCUT2D eigenvalue weighted by Gasteiger charge is -2.09. The zero-order valence-electron chi connectivity index (χ0n) is 6.73. The molecule has 0 aliphatic rings. The van der Waals surface area contributed by atoms with E-state index in [2.05, 4.69) is 6.58 Å². The molecule has 0 aromatic heterocycles. The third-order valence-electron chi connectivity index (χ3n) is 1.63. The number of hydrogen-bond acceptors (Lipinski definition) is 1. The topological polar surface area (TPSA) is 26.0 Å². The standard InChI is InChI=1S/C9H8ClF2N/c1-2-8(13)9-6(11)3-5(10)4-7(9)12/h2-4,8H,1,13H2/t8-/m0/s1. The monoisotopic (exact) mass is 203 g/mol. The van der Waals surface area contributed by atoms with Crippen LogP contribution in [0.5, 0.6) is 0 Å². The molecule has 1 aromatic carbocycles. The maximum atomic E-state index is 13.1. The summed E-state index contributed by atoms with van der Waals surface area (Å²) in [4.78, 5) is 0. The predicted octanol–water partition coefficient (Wildman–Crippen LogP) is 2.80. The highest BCUT2D eigenvalue weighted by Gasteiger charge is 2.14. The molecular formula is C9H8ClF2N. The first-order valence-electron chi connectivity index (χ1n) is 3.59. The molecular weight excluding hydrogens is 196 g/mol. The number of rotatable bonds is 2. The molecule has 1 aromatic rings. The Kier molecular flexibility index (Phi) is 3.01. The molecule has 1 nitrogen and oxygen atoms in total. The van der Waals surface area contributed by atoms with Crippen molar-refractivity contribution in [2.75, 3.05) is 0 Å². The van der Waals surface area contributed by atoms with Crippen LogP contribution in [0.3, 0.4) is 0 Å². The van der Waals surface area contributed by atoms with E-state index in [0.717, 1.165) is 12.1 Å². The van der Waals surface area contributed by atoms with Crippen LogP contribution in [0.25, 0.3) is 0 Å². The van der Waals surface area contributed by atoms with Crippen LogP contribution in [-0.2, 0) is 0 Å². The van der Waals surface area contributed by atoms with Crippen LogP contribution >= 0.6 is 11.6 Å². The minimum Gasteiger partial charge on any atom is -0.321 e. The molecule has 0 heterocycles. The van der Waals surface area contributed by atoms with E-state index in [1.807, 2.05) is 0 Å². The van der Waals surface area contributed by atoms with Gasteiger partial charge in [-0.3, -0.25) is 0 Å². The molecule has 0 unspecified atom stereocenters. The van der Waals surface area contributed by atoms with Gasteiger partial charge in [-0.25, -0.2) is 8.78 Å². The Morgan fingerprint density at radius 3 is 2.23 bits per heavy atom. The summed E-state index contributed by atoms with van der Waals surface area (Å²) in [5, 5.41) is 0.00927. The van der Waals surface area contributed by atoms with Crippen LogP contribution in [0, 0.1) is 11.6 Å². The van der Waals surface area contributed by atoms with E-state index >= 15 is 0 Å². The van der Waals surface area contributed by atoms with E-state index in [4.69, 9.17) is 17.3 Å². The fourth-order valence-electron chi connectivity index (χ4n) is 0.990. The van der Waals surface area contributed by atoms with Gasteiger partial charge in [0.2, 0.25) is 0 Å². The highest BCUT2D eigenvalue weighted by atomic mass is 35.5. The van der Waals surface area contributed by atoms with Crippen molar-refractivity contribution >= 4 is 11.6 Å². The lowest BCUT2D eigenvalue weighted by molar-refractivity contribution is 0.546. The molecule has 0 aliphatic carbocycles. The maximum absolute atomic E-state index is 13.1. The summed E-state index contributed by atoms with van der Waals surface area (Å²) in [6.07, 6.45) is 1.26. The van der Waals surface area contributed by atoms with Gasteiger partial charge >= 0.3 is 0 Å². The van der Waals surface area contributed by atoms with Gasteiger partial charge < -0.3 is 5.73 Å². The minimum absolute atomic E-state index is 0.00927. The number of hydrogen-bond donors (Lipinski definition) is 1. The third-order valence-corrected chi connectivity index (χ3v) is 1.85. The molecule has 0 spiro atoms. The lowest BCUT2D eigenvalue weighted by Crippen LogP contribution is -2.11. The van der Waals surface area contributed by atoms with Crippen LogP contribution in [0.4, 0.5) is 8.78 Å². The summed E-state index contributed by atoms with van der Waals surface area (Å²) in [6.45, 7) is 3.35. The number of halogens is 3. The van der Waals surface area contributed by atoms with Crippen molar-refractivity contribution in [3.05, 3.63) is 47.0 Å². The highest BCUT2D eigenvalue weighted by molar-refractivity contribution is 6.30. The van der Waals surface area contributed by atoms with Crippen molar-refractivity contribution in [3.8, 4) is 0 Å².